The van der Waals surface area contributed by atoms with Crippen LogP contribution in [0.5, 0.6) is 0 Å². The molecule has 1 amide bonds. The predicted molar refractivity (Wildman–Crippen MR) is 59.8 cm³/mol. The van der Waals surface area contributed by atoms with E-state index in [-0.39, 0.29) is 5.91 Å². The van der Waals surface area contributed by atoms with Gasteiger partial charge >= 0.3 is 0 Å². The number of carbonyl (C=O) groups excluding carboxylic acids is 1. The lowest BCUT2D eigenvalue weighted by Gasteiger charge is -2.26. The first-order valence-corrected chi connectivity index (χ1v) is 5.27. The molecule has 1 aromatic rings. The van der Waals surface area contributed by atoms with Crippen LogP contribution in [0.25, 0.3) is 0 Å². The molecule has 0 spiro atoms. The summed E-state index contributed by atoms with van der Waals surface area (Å²) in [6.45, 7) is 3.60. The van der Waals surface area contributed by atoms with Crippen LogP contribution in [-0.2, 0) is 6.54 Å². The monoisotopic (exact) mass is 218 g/mol. The molecule has 1 aliphatic rings. The zero-order valence-corrected chi connectivity index (χ0v) is 9.02. The fourth-order valence-corrected chi connectivity index (χ4v) is 1.70. The molecule has 0 aromatic carbocycles. The van der Waals surface area contributed by atoms with Crippen molar-refractivity contribution < 1.29 is 4.79 Å². The Bertz CT molecular complexity index is 412. The lowest BCUT2D eigenvalue weighted by Crippen LogP contribution is -2.46. The zero-order valence-electron chi connectivity index (χ0n) is 9.02. The van der Waals surface area contributed by atoms with Gasteiger partial charge in [-0.3, -0.25) is 9.48 Å². The molecule has 1 N–H and O–H groups in total. The van der Waals surface area contributed by atoms with E-state index in [0.717, 1.165) is 26.2 Å². The molecule has 5 heteroatoms. The smallest absolute Gasteiger partial charge is 0.257 e. The maximum Gasteiger partial charge on any atom is 0.257 e. The number of piperazine rings is 1. The summed E-state index contributed by atoms with van der Waals surface area (Å²) in [7, 11) is 0. The van der Waals surface area contributed by atoms with Crippen LogP contribution in [0.2, 0.25) is 0 Å². The lowest BCUT2D eigenvalue weighted by molar-refractivity contribution is 0.0735. The average Bonchev–Trinajstić information content (AvgIpc) is 2.78. The minimum absolute atomic E-state index is 0.0322. The molecular formula is C11H14N4O. The summed E-state index contributed by atoms with van der Waals surface area (Å²) in [4.78, 5) is 13.8. The highest BCUT2D eigenvalue weighted by molar-refractivity contribution is 5.93. The summed E-state index contributed by atoms with van der Waals surface area (Å²) in [6, 6.07) is 0. The summed E-state index contributed by atoms with van der Waals surface area (Å²) in [6.07, 6.45) is 8.44. The lowest BCUT2D eigenvalue weighted by atomic mass is 10.2. The van der Waals surface area contributed by atoms with Gasteiger partial charge in [-0.15, -0.1) is 6.42 Å². The first kappa shape index (κ1) is 10.7. The third kappa shape index (κ3) is 2.23. The van der Waals surface area contributed by atoms with E-state index in [0.29, 0.717) is 12.1 Å². The van der Waals surface area contributed by atoms with Gasteiger partial charge in [0.15, 0.2) is 0 Å². The Labute approximate surface area is 94.4 Å². The number of aromatic nitrogens is 2. The van der Waals surface area contributed by atoms with Crippen molar-refractivity contribution in [2.45, 2.75) is 6.54 Å². The Kier molecular flexibility index (Phi) is 3.22. The van der Waals surface area contributed by atoms with E-state index in [1.165, 1.54) is 0 Å². The molecule has 2 rings (SSSR count). The molecule has 1 fully saturated rings. The second-order valence-corrected chi connectivity index (χ2v) is 3.67. The van der Waals surface area contributed by atoms with Crippen LogP contribution in [0.3, 0.4) is 0 Å². The van der Waals surface area contributed by atoms with Gasteiger partial charge in [-0.2, -0.15) is 5.10 Å². The number of nitrogens with zero attached hydrogens (tertiary/aromatic N) is 3. The van der Waals surface area contributed by atoms with Crippen molar-refractivity contribution in [1.29, 1.82) is 0 Å². The quantitative estimate of drug-likeness (QED) is 0.685. The van der Waals surface area contributed by atoms with Crippen molar-refractivity contribution in [3.05, 3.63) is 18.0 Å². The molecule has 0 bridgehead atoms. The van der Waals surface area contributed by atoms with E-state index >= 15 is 0 Å². The predicted octanol–water partition coefficient (Wildman–Crippen LogP) is -0.438. The molecule has 1 aromatic heterocycles. The Morgan fingerprint density at radius 2 is 2.31 bits per heavy atom. The van der Waals surface area contributed by atoms with Gasteiger partial charge in [0.1, 0.15) is 6.54 Å². The second kappa shape index (κ2) is 4.81. The summed E-state index contributed by atoms with van der Waals surface area (Å²) in [5, 5.41) is 7.24. The number of hydrogen-bond donors (Lipinski definition) is 1. The van der Waals surface area contributed by atoms with Gasteiger partial charge in [-0.05, 0) is 0 Å². The van der Waals surface area contributed by atoms with E-state index in [4.69, 9.17) is 6.42 Å². The topological polar surface area (TPSA) is 50.2 Å². The third-order valence-corrected chi connectivity index (χ3v) is 2.54. The van der Waals surface area contributed by atoms with Crippen LogP contribution >= 0.6 is 0 Å². The normalized spacial score (nSPS) is 15.8. The van der Waals surface area contributed by atoms with Crippen LogP contribution in [0.4, 0.5) is 0 Å². The van der Waals surface area contributed by atoms with Gasteiger partial charge < -0.3 is 10.2 Å². The fourth-order valence-electron chi connectivity index (χ4n) is 1.70. The Hall–Kier alpha value is -1.80. The highest BCUT2D eigenvalue weighted by Crippen LogP contribution is 2.04. The Morgan fingerprint density at radius 1 is 1.56 bits per heavy atom. The number of hydrogen-bond acceptors (Lipinski definition) is 3. The fraction of sp³-hybridized carbons (Fsp3) is 0.455. The van der Waals surface area contributed by atoms with Crippen molar-refractivity contribution in [2.75, 3.05) is 26.2 Å². The van der Waals surface area contributed by atoms with Gasteiger partial charge in [0.25, 0.3) is 5.91 Å². The van der Waals surface area contributed by atoms with Gasteiger partial charge in [-0.1, -0.05) is 5.92 Å². The van der Waals surface area contributed by atoms with Crippen LogP contribution in [-0.4, -0.2) is 46.8 Å². The number of rotatable bonds is 2. The second-order valence-electron chi connectivity index (χ2n) is 3.67. The summed E-state index contributed by atoms with van der Waals surface area (Å²) >= 11 is 0. The van der Waals surface area contributed by atoms with E-state index in [2.05, 4.69) is 16.3 Å². The van der Waals surface area contributed by atoms with Crippen molar-refractivity contribution in [2.24, 2.45) is 0 Å². The number of nitrogens with one attached hydrogen (secondary N) is 1. The van der Waals surface area contributed by atoms with Gasteiger partial charge in [0, 0.05) is 32.4 Å². The molecule has 0 unspecified atom stereocenters. The largest absolute Gasteiger partial charge is 0.336 e. The summed E-state index contributed by atoms with van der Waals surface area (Å²) in [5.41, 5.74) is 0.608. The van der Waals surface area contributed by atoms with Crippen LogP contribution in [0.15, 0.2) is 12.4 Å². The summed E-state index contributed by atoms with van der Waals surface area (Å²) in [5.74, 6) is 2.51. The number of terminal acetylenes is 1. The highest BCUT2D eigenvalue weighted by Gasteiger charge is 2.18. The van der Waals surface area contributed by atoms with Crippen molar-refractivity contribution in [3.63, 3.8) is 0 Å². The van der Waals surface area contributed by atoms with E-state index < -0.39 is 0 Å². The van der Waals surface area contributed by atoms with E-state index in [9.17, 15) is 4.79 Å². The van der Waals surface area contributed by atoms with Crippen LogP contribution in [0.1, 0.15) is 10.4 Å². The molecule has 1 aliphatic heterocycles. The van der Waals surface area contributed by atoms with Crippen LogP contribution < -0.4 is 5.32 Å². The summed E-state index contributed by atoms with van der Waals surface area (Å²) < 4.78 is 1.59. The zero-order chi connectivity index (χ0) is 11.4. The minimum Gasteiger partial charge on any atom is -0.336 e. The Balaban J connectivity index is 2.05. The van der Waals surface area contributed by atoms with Gasteiger partial charge in [0.2, 0.25) is 0 Å². The molecule has 2 heterocycles. The number of carbonyl (C=O) groups is 1. The van der Waals surface area contributed by atoms with E-state index in [1.807, 2.05) is 4.90 Å². The molecule has 5 nitrogen and oxygen atoms in total. The molecule has 1 saturated heterocycles. The first-order valence-electron chi connectivity index (χ1n) is 5.27. The molecule has 0 radical (unpaired) electrons. The number of amides is 1. The molecule has 0 atom stereocenters. The van der Waals surface area contributed by atoms with Gasteiger partial charge in [0.05, 0.1) is 11.8 Å². The molecule has 0 saturated carbocycles. The van der Waals surface area contributed by atoms with Crippen molar-refractivity contribution >= 4 is 5.91 Å². The molecule has 0 aliphatic carbocycles. The maximum absolute atomic E-state index is 12.0. The Morgan fingerprint density at radius 3 is 3.00 bits per heavy atom. The molecule has 16 heavy (non-hydrogen) atoms. The first-order chi connectivity index (χ1) is 7.81. The third-order valence-electron chi connectivity index (χ3n) is 2.54. The highest BCUT2D eigenvalue weighted by atomic mass is 16.2. The van der Waals surface area contributed by atoms with Gasteiger partial charge in [-0.25, -0.2) is 0 Å². The maximum atomic E-state index is 12.0. The van der Waals surface area contributed by atoms with E-state index in [1.54, 1.807) is 17.1 Å². The SMILES string of the molecule is C#CCn1cc(C(=O)N2CCNCC2)cn1. The average molecular weight is 218 g/mol. The minimum atomic E-state index is 0.0322. The van der Waals surface area contributed by atoms with Crippen molar-refractivity contribution in [1.82, 2.24) is 20.0 Å². The standard InChI is InChI=1S/C11H14N4O/c1-2-5-15-9-10(8-13-15)11(16)14-6-3-12-4-7-14/h1,8-9,12H,3-7H2. The van der Waals surface area contributed by atoms with Crippen LogP contribution in [0, 0.1) is 12.3 Å². The molecule has 84 valence electrons. The van der Waals surface area contributed by atoms with Crippen molar-refractivity contribution in [3.8, 4) is 12.3 Å². The molecular weight excluding hydrogens is 204 g/mol.